The Kier molecular flexibility index (Phi) is 59.9. The van der Waals surface area contributed by atoms with Gasteiger partial charge in [-0.25, -0.2) is 0 Å². The first-order valence-electron chi connectivity index (χ1n) is 6.84. The Labute approximate surface area is 100 Å². The van der Waals surface area contributed by atoms with Crippen LogP contribution in [0.15, 0.2) is 11.6 Å². The molecule has 0 bridgehead atoms. The Morgan fingerprint density at radius 3 is 1.20 bits per heavy atom. The lowest BCUT2D eigenvalue weighted by atomic mass is 10.2. The average molecular weight is 216 g/mol. The molecular weight excluding hydrogens is 180 g/mol. The summed E-state index contributed by atoms with van der Waals surface area (Å²) < 4.78 is 0. The number of hydrogen-bond acceptors (Lipinski definition) is 0. The fourth-order valence-corrected chi connectivity index (χ4v) is 0.539. The molecule has 0 rings (SSSR count). The summed E-state index contributed by atoms with van der Waals surface area (Å²) in [5.74, 6) is 0. The molecule has 0 aromatic heterocycles. The van der Waals surface area contributed by atoms with Gasteiger partial charge in [0.15, 0.2) is 0 Å². The molecule has 0 atom stereocenters. The van der Waals surface area contributed by atoms with Gasteiger partial charge in [-0.15, -0.1) is 0 Å². The molecule has 0 radical (unpaired) electrons. The maximum atomic E-state index is 2.20. The van der Waals surface area contributed by atoms with Crippen LogP contribution in [0, 0.1) is 0 Å². The third kappa shape index (κ3) is 57.5. The van der Waals surface area contributed by atoms with Gasteiger partial charge in [-0.05, 0) is 20.3 Å². The summed E-state index contributed by atoms with van der Waals surface area (Å²) in [6.07, 6.45) is 7.34. The van der Waals surface area contributed by atoms with E-state index in [4.69, 9.17) is 0 Å². The van der Waals surface area contributed by atoms with E-state index in [0.717, 1.165) is 0 Å². The monoisotopic (exact) mass is 216 g/mol. The Hall–Kier alpha value is -0.260. The van der Waals surface area contributed by atoms with Gasteiger partial charge < -0.3 is 0 Å². The van der Waals surface area contributed by atoms with Gasteiger partial charge >= 0.3 is 0 Å². The van der Waals surface area contributed by atoms with Crippen molar-refractivity contribution in [1.82, 2.24) is 0 Å². The van der Waals surface area contributed by atoms with Crippen LogP contribution >= 0.6 is 0 Å². The Morgan fingerprint density at radius 1 is 0.800 bits per heavy atom. The smallest absolute Gasteiger partial charge is 0.0326 e. The van der Waals surface area contributed by atoms with Crippen LogP contribution in [0.3, 0.4) is 0 Å². The van der Waals surface area contributed by atoms with E-state index in [1.54, 1.807) is 0 Å². The lowest BCUT2D eigenvalue weighted by Crippen LogP contribution is -1.70. The first-order valence-corrected chi connectivity index (χ1v) is 6.84. The lowest BCUT2D eigenvalue weighted by molar-refractivity contribution is 0.886. The van der Waals surface area contributed by atoms with E-state index in [0.29, 0.717) is 0 Å². The predicted molar refractivity (Wildman–Crippen MR) is 77.6 cm³/mol. The van der Waals surface area contributed by atoms with Gasteiger partial charge in [0.2, 0.25) is 0 Å². The van der Waals surface area contributed by atoms with Crippen LogP contribution in [-0.2, 0) is 0 Å². The maximum absolute atomic E-state index is 2.20. The second kappa shape index (κ2) is 37.2. The second-order valence-electron chi connectivity index (χ2n) is 2.89. The number of allylic oxidation sites excluding steroid dienone is 2. The fourth-order valence-electron chi connectivity index (χ4n) is 0.539. The molecule has 0 aliphatic heterocycles. The van der Waals surface area contributed by atoms with Gasteiger partial charge in [-0.1, -0.05) is 79.4 Å². The van der Waals surface area contributed by atoms with Crippen LogP contribution in [0.1, 0.15) is 88.0 Å². The molecule has 0 aromatic rings. The minimum Gasteiger partial charge on any atom is -0.0887 e. The molecule has 0 heterocycles. The Balaban J connectivity index is -0.0000000647. The Bertz CT molecular complexity index is 78.0. The van der Waals surface area contributed by atoms with Gasteiger partial charge in [0.1, 0.15) is 0 Å². The van der Waals surface area contributed by atoms with Crippen LogP contribution in [0.25, 0.3) is 0 Å². The van der Waals surface area contributed by atoms with Crippen LogP contribution < -0.4 is 0 Å². The molecule has 15 heavy (non-hydrogen) atoms. The first kappa shape index (κ1) is 24.1. The lowest BCUT2D eigenvalue weighted by Gasteiger charge is -1.91. The van der Waals surface area contributed by atoms with Crippen LogP contribution in [0.5, 0.6) is 0 Å². The van der Waals surface area contributed by atoms with Crippen molar-refractivity contribution < 1.29 is 0 Å². The van der Waals surface area contributed by atoms with Gasteiger partial charge in [0.05, 0.1) is 0 Å². The molecule has 0 aliphatic carbocycles. The summed E-state index contributed by atoms with van der Waals surface area (Å²) in [6.45, 7) is 18.8. The van der Waals surface area contributed by atoms with Crippen molar-refractivity contribution in [2.45, 2.75) is 88.0 Å². The number of unbranched alkanes of at least 4 members (excludes halogenated alkanes) is 1. The van der Waals surface area contributed by atoms with E-state index in [-0.39, 0.29) is 0 Å². The van der Waals surface area contributed by atoms with Crippen molar-refractivity contribution in [3.63, 3.8) is 0 Å². The molecule has 0 nitrogen and oxygen atoms in total. The van der Waals surface area contributed by atoms with Gasteiger partial charge in [-0.2, -0.15) is 0 Å². The van der Waals surface area contributed by atoms with Crippen LogP contribution in [-0.4, -0.2) is 0 Å². The molecule has 0 aliphatic rings. The van der Waals surface area contributed by atoms with Gasteiger partial charge in [-0.3, -0.25) is 0 Å². The fraction of sp³-hybridized carbons (Fsp3) is 0.867. The highest BCUT2D eigenvalue weighted by atomic mass is 13.9. The van der Waals surface area contributed by atoms with Crippen molar-refractivity contribution in [2.75, 3.05) is 0 Å². The molecule has 0 saturated carbocycles. The van der Waals surface area contributed by atoms with E-state index in [1.807, 2.05) is 27.7 Å². The van der Waals surface area contributed by atoms with Crippen molar-refractivity contribution in [3.05, 3.63) is 11.6 Å². The highest BCUT2D eigenvalue weighted by molar-refractivity contribution is 4.94. The Morgan fingerprint density at radius 2 is 1.13 bits per heavy atom. The SMILES string of the molecule is C/C=C(\C)CCC.CC.CC.CCCC. The van der Waals surface area contributed by atoms with E-state index >= 15 is 0 Å². The van der Waals surface area contributed by atoms with Crippen LogP contribution in [0.4, 0.5) is 0 Å². The molecule has 0 heteroatoms. The van der Waals surface area contributed by atoms with Crippen LogP contribution in [0.2, 0.25) is 0 Å². The van der Waals surface area contributed by atoms with E-state index in [9.17, 15) is 0 Å². The molecule has 0 fully saturated rings. The summed E-state index contributed by atoms with van der Waals surface area (Å²) >= 11 is 0. The zero-order valence-corrected chi connectivity index (χ0v) is 12.9. The normalized spacial score (nSPS) is 8.47. The molecule has 0 amide bonds. The number of hydrogen-bond donors (Lipinski definition) is 0. The van der Waals surface area contributed by atoms with E-state index in [2.05, 4.69) is 40.7 Å². The average Bonchev–Trinajstić information content (AvgIpc) is 2.34. The molecular formula is C15H36. The second-order valence-corrected chi connectivity index (χ2v) is 2.89. The van der Waals surface area contributed by atoms with E-state index < -0.39 is 0 Å². The maximum Gasteiger partial charge on any atom is -0.0326 e. The molecule has 0 aromatic carbocycles. The van der Waals surface area contributed by atoms with Crippen molar-refractivity contribution in [2.24, 2.45) is 0 Å². The molecule has 0 saturated heterocycles. The topological polar surface area (TPSA) is 0 Å². The largest absolute Gasteiger partial charge is 0.0887 e. The summed E-state index contributed by atoms with van der Waals surface area (Å²) in [5, 5.41) is 0. The molecule has 96 valence electrons. The van der Waals surface area contributed by atoms with Gasteiger partial charge in [0, 0.05) is 0 Å². The summed E-state index contributed by atoms with van der Waals surface area (Å²) in [7, 11) is 0. The summed E-state index contributed by atoms with van der Waals surface area (Å²) in [5.41, 5.74) is 1.50. The third-order valence-corrected chi connectivity index (χ3v) is 1.64. The van der Waals surface area contributed by atoms with Gasteiger partial charge in [0.25, 0.3) is 0 Å². The molecule has 0 N–H and O–H groups in total. The zero-order valence-electron chi connectivity index (χ0n) is 12.9. The van der Waals surface area contributed by atoms with Crippen molar-refractivity contribution >= 4 is 0 Å². The third-order valence-electron chi connectivity index (χ3n) is 1.64. The zero-order chi connectivity index (χ0) is 13.1. The quantitative estimate of drug-likeness (QED) is 0.465. The standard InChI is InChI=1S/C7H14.C4H10.2C2H6/c1-4-6-7(3)5-2;1-3-4-2;2*1-2/h5H,4,6H2,1-3H3;3-4H2,1-2H3;2*1-2H3/b7-5+;;;. The number of rotatable bonds is 3. The summed E-state index contributed by atoms with van der Waals surface area (Å²) in [6, 6.07) is 0. The minimum atomic E-state index is 1.26. The first-order chi connectivity index (χ1) is 7.22. The van der Waals surface area contributed by atoms with E-state index in [1.165, 1.54) is 31.3 Å². The van der Waals surface area contributed by atoms with Crippen molar-refractivity contribution in [3.8, 4) is 0 Å². The highest BCUT2D eigenvalue weighted by Crippen LogP contribution is 2.00. The summed E-state index contributed by atoms with van der Waals surface area (Å²) in [4.78, 5) is 0. The molecule has 0 unspecified atom stereocenters. The molecule has 0 spiro atoms. The minimum absolute atomic E-state index is 1.26. The van der Waals surface area contributed by atoms with Crippen molar-refractivity contribution in [1.29, 1.82) is 0 Å². The predicted octanol–water partition coefficient (Wildman–Crippen LogP) is 6.61. The highest BCUT2D eigenvalue weighted by Gasteiger charge is 1.79.